The second-order valence-electron chi connectivity index (χ2n) is 9.90. The largest absolute Gasteiger partial charge is 0.457 e. The number of rotatable bonds is 6. The van der Waals surface area contributed by atoms with Crippen molar-refractivity contribution < 1.29 is 23.5 Å². The number of benzene rings is 2. The Labute approximate surface area is 239 Å². The highest BCUT2D eigenvalue weighted by Gasteiger charge is 2.35. The van der Waals surface area contributed by atoms with E-state index >= 15 is 0 Å². The van der Waals surface area contributed by atoms with Crippen LogP contribution >= 0.6 is 11.3 Å². The number of amides is 4. The maximum Gasteiger partial charge on any atom is 0.331 e. The first kappa shape index (κ1) is 26.5. The van der Waals surface area contributed by atoms with Gasteiger partial charge in [-0.25, -0.2) is 14.2 Å². The van der Waals surface area contributed by atoms with Gasteiger partial charge in [0.25, 0.3) is 5.91 Å². The first-order chi connectivity index (χ1) is 19.8. The third-order valence-electron chi connectivity index (χ3n) is 7.06. The van der Waals surface area contributed by atoms with Gasteiger partial charge >= 0.3 is 6.03 Å². The van der Waals surface area contributed by atoms with Crippen molar-refractivity contribution in [2.75, 3.05) is 23.3 Å². The molecule has 0 unspecified atom stereocenters. The lowest BCUT2D eigenvalue weighted by atomic mass is 10.0. The molecular formula is C30H26FN5O4S. The van der Waals surface area contributed by atoms with Gasteiger partial charge in [-0.3, -0.25) is 14.5 Å². The Bertz CT molecular complexity index is 1690. The molecule has 2 aliphatic heterocycles. The van der Waals surface area contributed by atoms with Crippen LogP contribution in [0, 0.1) is 6.92 Å². The predicted molar refractivity (Wildman–Crippen MR) is 156 cm³/mol. The number of nitrogens with one attached hydrogen (secondary N) is 2. The molecule has 2 N–H and O–H groups in total. The van der Waals surface area contributed by atoms with E-state index in [4.69, 9.17) is 4.74 Å². The van der Waals surface area contributed by atoms with E-state index in [0.29, 0.717) is 38.8 Å². The van der Waals surface area contributed by atoms with Crippen LogP contribution < -0.4 is 20.3 Å². The molecule has 6 rings (SSSR count). The second-order valence-corrected chi connectivity index (χ2v) is 10.9. The number of hydrogen-bond donors (Lipinski definition) is 2. The minimum Gasteiger partial charge on any atom is -0.457 e. The molecule has 0 spiro atoms. The molecule has 11 heteroatoms. The van der Waals surface area contributed by atoms with E-state index in [9.17, 15) is 18.8 Å². The number of halogens is 1. The molecule has 4 amide bonds. The van der Waals surface area contributed by atoms with Crippen molar-refractivity contribution in [3.8, 4) is 11.5 Å². The van der Waals surface area contributed by atoms with Crippen LogP contribution in [0.4, 0.5) is 26.2 Å². The number of carbonyl (C=O) groups is 3. The van der Waals surface area contributed by atoms with E-state index in [1.165, 1.54) is 4.90 Å². The molecule has 208 valence electrons. The molecule has 1 fully saturated rings. The molecule has 9 nitrogen and oxygen atoms in total. The van der Waals surface area contributed by atoms with Gasteiger partial charge in [-0.1, -0.05) is 24.8 Å². The van der Waals surface area contributed by atoms with E-state index in [1.807, 2.05) is 49.4 Å². The van der Waals surface area contributed by atoms with Gasteiger partial charge < -0.3 is 20.3 Å². The Kier molecular flexibility index (Phi) is 6.88. The average molecular weight is 572 g/mol. The molecule has 0 saturated carbocycles. The summed E-state index contributed by atoms with van der Waals surface area (Å²) in [7, 11) is 0. The normalized spacial score (nSPS) is 18.1. The van der Waals surface area contributed by atoms with Crippen molar-refractivity contribution in [1.29, 1.82) is 0 Å². The summed E-state index contributed by atoms with van der Waals surface area (Å²) in [5.41, 5.74) is 2.42. The lowest BCUT2D eigenvalue weighted by molar-refractivity contribution is -0.128. The Morgan fingerprint density at radius 1 is 1.15 bits per heavy atom. The van der Waals surface area contributed by atoms with Crippen LogP contribution in [0.2, 0.25) is 0 Å². The Hall–Kier alpha value is -4.77. The van der Waals surface area contributed by atoms with Gasteiger partial charge in [0.15, 0.2) is 0 Å². The second kappa shape index (κ2) is 10.7. The van der Waals surface area contributed by atoms with E-state index in [-0.39, 0.29) is 30.3 Å². The summed E-state index contributed by atoms with van der Waals surface area (Å²) < 4.78 is 20.3. The van der Waals surface area contributed by atoms with Gasteiger partial charge in [0, 0.05) is 25.2 Å². The van der Waals surface area contributed by atoms with Crippen LogP contribution in [0.5, 0.6) is 11.5 Å². The van der Waals surface area contributed by atoms with Crippen molar-refractivity contribution in [2.45, 2.75) is 25.6 Å². The SMILES string of the molecule is C=CC(=O)N1C[C@@H](F)C[C@@H](NC(=O)c2sc3nccc4c3c2NC(=O)N4c2ccc(Oc3ccccc3)cc2C)C1. The molecule has 2 aromatic heterocycles. The fraction of sp³-hybridized carbons (Fsp3) is 0.200. The van der Waals surface area contributed by atoms with Crippen LogP contribution in [0.25, 0.3) is 10.2 Å². The van der Waals surface area contributed by atoms with Crippen LogP contribution in [-0.4, -0.2) is 53.0 Å². The molecule has 4 aromatic rings. The zero-order chi connectivity index (χ0) is 28.7. The number of hydrogen-bond acceptors (Lipinski definition) is 6. The highest BCUT2D eigenvalue weighted by molar-refractivity contribution is 7.21. The maximum atomic E-state index is 14.4. The lowest BCUT2D eigenvalue weighted by Gasteiger charge is -2.34. The van der Waals surface area contributed by atoms with Crippen molar-refractivity contribution in [3.63, 3.8) is 0 Å². The number of para-hydroxylation sites is 1. The Balaban J connectivity index is 1.29. The number of thiophene rings is 1. The van der Waals surface area contributed by atoms with Crippen molar-refractivity contribution in [3.05, 3.63) is 83.9 Å². The fourth-order valence-electron chi connectivity index (χ4n) is 5.25. The first-order valence-electron chi connectivity index (χ1n) is 13.0. The number of likely N-dealkylation sites (tertiary alicyclic amines) is 1. The minimum atomic E-state index is -1.27. The smallest absolute Gasteiger partial charge is 0.331 e. The van der Waals surface area contributed by atoms with Crippen molar-refractivity contribution >= 4 is 56.5 Å². The molecule has 2 aliphatic rings. The zero-order valence-electron chi connectivity index (χ0n) is 22.1. The van der Waals surface area contributed by atoms with Crippen LogP contribution in [0.3, 0.4) is 0 Å². The number of carbonyl (C=O) groups excluding carboxylic acids is 3. The number of anilines is 3. The van der Waals surface area contributed by atoms with E-state index < -0.39 is 24.2 Å². The molecule has 2 atom stereocenters. The van der Waals surface area contributed by atoms with Gasteiger partial charge in [-0.2, -0.15) is 0 Å². The molecular weight excluding hydrogens is 545 g/mol. The molecule has 1 saturated heterocycles. The number of urea groups is 1. The molecule has 0 bridgehead atoms. The summed E-state index contributed by atoms with van der Waals surface area (Å²) in [6.07, 6.45) is 1.54. The molecule has 4 heterocycles. The monoisotopic (exact) mass is 571 g/mol. The summed E-state index contributed by atoms with van der Waals surface area (Å²) in [5.74, 6) is 0.484. The molecule has 2 aromatic carbocycles. The summed E-state index contributed by atoms with van der Waals surface area (Å²) in [4.78, 5) is 47.1. The summed E-state index contributed by atoms with van der Waals surface area (Å²) >= 11 is 1.14. The molecule has 0 radical (unpaired) electrons. The maximum absolute atomic E-state index is 14.4. The van der Waals surface area contributed by atoms with Crippen LogP contribution in [0.15, 0.2) is 73.4 Å². The zero-order valence-corrected chi connectivity index (χ0v) is 22.9. The van der Waals surface area contributed by atoms with Gasteiger partial charge in [0.05, 0.1) is 29.0 Å². The number of piperidine rings is 1. The number of aromatic nitrogens is 1. The van der Waals surface area contributed by atoms with E-state index in [2.05, 4.69) is 22.2 Å². The average Bonchev–Trinajstić information content (AvgIpc) is 3.33. The third-order valence-corrected chi connectivity index (χ3v) is 8.16. The minimum absolute atomic E-state index is 0.0384. The number of nitrogens with zero attached hydrogens (tertiary/aromatic N) is 3. The quantitative estimate of drug-likeness (QED) is 0.279. The van der Waals surface area contributed by atoms with E-state index in [0.717, 1.165) is 23.0 Å². The number of alkyl halides is 1. The topological polar surface area (TPSA) is 104 Å². The van der Waals surface area contributed by atoms with E-state index in [1.54, 1.807) is 23.2 Å². The van der Waals surface area contributed by atoms with Crippen LogP contribution in [0.1, 0.15) is 21.7 Å². The third kappa shape index (κ3) is 5.00. The summed E-state index contributed by atoms with van der Waals surface area (Å²) in [5, 5.41) is 6.36. The first-order valence-corrected chi connectivity index (χ1v) is 13.9. The van der Waals surface area contributed by atoms with Gasteiger partial charge in [-0.15, -0.1) is 11.3 Å². The lowest BCUT2D eigenvalue weighted by Crippen LogP contribution is -2.53. The highest BCUT2D eigenvalue weighted by atomic mass is 32.1. The standard InChI is InChI=1S/C30H26FN5O4S/c1-3-24(37)35-15-18(31)14-19(16-35)33-28(38)27-26-25-23(11-12-32-29(25)41-27)36(30(39)34-26)22-10-9-21(13-17(22)2)40-20-7-5-4-6-8-20/h3-13,18-19H,1,14-16H2,2H3,(H,33,38)(H,34,39)/t18-,19+/m0/s1. The van der Waals surface area contributed by atoms with Crippen LogP contribution in [-0.2, 0) is 4.79 Å². The highest BCUT2D eigenvalue weighted by Crippen LogP contribution is 2.46. The molecule has 0 aliphatic carbocycles. The number of pyridine rings is 1. The van der Waals surface area contributed by atoms with Gasteiger partial charge in [0.1, 0.15) is 27.4 Å². The number of ether oxygens (including phenoxy) is 1. The van der Waals surface area contributed by atoms with Gasteiger partial charge in [0.2, 0.25) is 5.91 Å². The number of aryl methyl sites for hydroxylation is 1. The Morgan fingerprint density at radius 3 is 2.71 bits per heavy atom. The van der Waals surface area contributed by atoms with Crippen molar-refractivity contribution in [1.82, 2.24) is 15.2 Å². The summed E-state index contributed by atoms with van der Waals surface area (Å²) in [6.45, 7) is 5.49. The predicted octanol–water partition coefficient (Wildman–Crippen LogP) is 5.94. The fourth-order valence-corrected chi connectivity index (χ4v) is 6.27. The summed E-state index contributed by atoms with van der Waals surface area (Å²) in [6, 6.07) is 15.6. The Morgan fingerprint density at radius 2 is 1.95 bits per heavy atom. The van der Waals surface area contributed by atoms with Gasteiger partial charge in [-0.05, 0) is 55.0 Å². The van der Waals surface area contributed by atoms with Crippen molar-refractivity contribution in [2.24, 2.45) is 0 Å². The molecule has 41 heavy (non-hydrogen) atoms.